The Morgan fingerprint density at radius 1 is 1.14 bits per heavy atom. The van der Waals surface area contributed by atoms with Crippen molar-refractivity contribution in [2.75, 3.05) is 19.3 Å². The summed E-state index contributed by atoms with van der Waals surface area (Å²) in [4.78, 5) is 15.8. The molecule has 28 heavy (non-hydrogen) atoms. The molecule has 2 aromatic rings. The first-order chi connectivity index (χ1) is 13.4. The summed E-state index contributed by atoms with van der Waals surface area (Å²) in [5.41, 5.74) is 1.34. The predicted octanol–water partition coefficient (Wildman–Crippen LogP) is 3.76. The fraction of sp³-hybridized carbons (Fsp3) is 0.381. The number of carbonyl (C=O) groups is 1. The second kappa shape index (κ2) is 9.11. The number of thioether (sulfide) groups is 1. The molecule has 1 N–H and O–H groups in total. The Hall–Kier alpha value is -1.83. The van der Waals surface area contributed by atoms with Gasteiger partial charge in [-0.25, -0.2) is 13.1 Å². The van der Waals surface area contributed by atoms with Crippen LogP contribution in [0, 0.1) is 5.92 Å². The Morgan fingerprint density at radius 2 is 1.82 bits per heavy atom. The van der Waals surface area contributed by atoms with Gasteiger partial charge in [-0.1, -0.05) is 37.3 Å². The first-order valence-electron chi connectivity index (χ1n) is 9.41. The number of rotatable bonds is 6. The lowest BCUT2D eigenvalue weighted by Crippen LogP contribution is -2.38. The van der Waals surface area contributed by atoms with Gasteiger partial charge < -0.3 is 4.90 Å². The third-order valence-corrected chi connectivity index (χ3v) is 7.29. The zero-order valence-electron chi connectivity index (χ0n) is 16.2. The number of nitrogens with zero attached hydrogens (tertiary/aromatic N) is 1. The molecule has 5 nitrogen and oxygen atoms in total. The van der Waals surface area contributed by atoms with Crippen molar-refractivity contribution >= 4 is 27.7 Å². The van der Waals surface area contributed by atoms with Gasteiger partial charge in [0.1, 0.15) is 0 Å². The van der Waals surface area contributed by atoms with E-state index in [1.54, 1.807) is 12.1 Å². The van der Waals surface area contributed by atoms with E-state index in [4.69, 9.17) is 0 Å². The minimum absolute atomic E-state index is 0.0867. The SMILES string of the molecule is CSc1ccc(S(=O)(=O)NCc2ccccc2)cc1C(=O)N1CCC(C)CC1. The van der Waals surface area contributed by atoms with Gasteiger partial charge >= 0.3 is 0 Å². The average molecular weight is 419 g/mol. The second-order valence-corrected chi connectivity index (χ2v) is 9.76. The van der Waals surface area contributed by atoms with Gasteiger partial charge in [0.2, 0.25) is 10.0 Å². The molecule has 0 atom stereocenters. The maximum atomic E-state index is 13.0. The number of hydrogen-bond acceptors (Lipinski definition) is 4. The highest BCUT2D eigenvalue weighted by Gasteiger charge is 2.25. The molecule has 150 valence electrons. The second-order valence-electron chi connectivity index (χ2n) is 7.15. The quantitative estimate of drug-likeness (QED) is 0.726. The topological polar surface area (TPSA) is 66.5 Å². The molecule has 1 fully saturated rings. The summed E-state index contributed by atoms with van der Waals surface area (Å²) in [5, 5.41) is 0. The Bertz CT molecular complexity index is 922. The number of sulfonamides is 1. The van der Waals surface area contributed by atoms with Crippen molar-refractivity contribution in [3.8, 4) is 0 Å². The van der Waals surface area contributed by atoms with E-state index in [-0.39, 0.29) is 17.3 Å². The lowest BCUT2D eigenvalue weighted by Gasteiger charge is -2.30. The molecule has 0 bridgehead atoms. The van der Waals surface area contributed by atoms with Crippen LogP contribution in [0.15, 0.2) is 58.3 Å². The molecule has 1 aliphatic rings. The molecule has 2 aromatic carbocycles. The highest BCUT2D eigenvalue weighted by atomic mass is 32.2. The van der Waals surface area contributed by atoms with Crippen molar-refractivity contribution in [1.82, 2.24) is 9.62 Å². The van der Waals surface area contributed by atoms with E-state index in [2.05, 4.69) is 11.6 Å². The van der Waals surface area contributed by atoms with Crippen molar-refractivity contribution in [2.24, 2.45) is 5.92 Å². The largest absolute Gasteiger partial charge is 0.339 e. The minimum atomic E-state index is -3.71. The molecule has 1 heterocycles. The standard InChI is InChI=1S/C21H26N2O3S2/c1-16-10-12-23(13-11-16)21(24)19-14-18(8-9-20(19)27-2)28(25,26)22-15-17-6-4-3-5-7-17/h3-9,14,16,22H,10-13,15H2,1-2H3. The van der Waals surface area contributed by atoms with Gasteiger partial charge in [-0.3, -0.25) is 4.79 Å². The maximum Gasteiger partial charge on any atom is 0.255 e. The van der Waals surface area contributed by atoms with Crippen molar-refractivity contribution < 1.29 is 13.2 Å². The van der Waals surface area contributed by atoms with Crippen LogP contribution < -0.4 is 4.72 Å². The number of nitrogens with one attached hydrogen (secondary N) is 1. The van der Waals surface area contributed by atoms with E-state index in [0.29, 0.717) is 11.5 Å². The van der Waals surface area contributed by atoms with Gasteiger partial charge in [-0.05, 0) is 48.8 Å². The van der Waals surface area contributed by atoms with Crippen molar-refractivity contribution in [2.45, 2.75) is 36.1 Å². The number of amides is 1. The van der Waals surface area contributed by atoms with E-state index in [0.717, 1.165) is 36.4 Å². The van der Waals surface area contributed by atoms with Crippen molar-refractivity contribution in [3.05, 3.63) is 59.7 Å². The van der Waals surface area contributed by atoms with Gasteiger partial charge in [0.05, 0.1) is 10.5 Å². The third kappa shape index (κ3) is 4.96. The van der Waals surface area contributed by atoms with Crippen molar-refractivity contribution in [3.63, 3.8) is 0 Å². The Morgan fingerprint density at radius 3 is 2.46 bits per heavy atom. The molecule has 0 spiro atoms. The molecule has 0 aliphatic carbocycles. The van der Waals surface area contributed by atoms with E-state index in [1.165, 1.54) is 17.8 Å². The summed E-state index contributed by atoms with van der Waals surface area (Å²) in [6.07, 6.45) is 3.86. The van der Waals surface area contributed by atoms with Gasteiger partial charge in [0.25, 0.3) is 5.91 Å². The zero-order valence-corrected chi connectivity index (χ0v) is 17.9. The molecule has 1 amide bonds. The fourth-order valence-corrected chi connectivity index (χ4v) is 4.87. The molecule has 0 radical (unpaired) electrons. The van der Waals surface area contributed by atoms with Crippen LogP contribution in [0.4, 0.5) is 0 Å². The first kappa shape index (κ1) is 20.9. The van der Waals surface area contributed by atoms with Crippen molar-refractivity contribution in [1.29, 1.82) is 0 Å². The lowest BCUT2D eigenvalue weighted by atomic mass is 9.98. The smallest absolute Gasteiger partial charge is 0.255 e. The summed E-state index contributed by atoms with van der Waals surface area (Å²) < 4.78 is 28.1. The average Bonchev–Trinajstić information content (AvgIpc) is 2.72. The summed E-state index contributed by atoms with van der Waals surface area (Å²) in [6, 6.07) is 14.2. The number of piperidine rings is 1. The number of likely N-dealkylation sites (tertiary alicyclic amines) is 1. The zero-order chi connectivity index (χ0) is 20.1. The minimum Gasteiger partial charge on any atom is -0.339 e. The molecule has 0 aromatic heterocycles. The van der Waals surface area contributed by atoms with Crippen LogP contribution in [-0.2, 0) is 16.6 Å². The predicted molar refractivity (Wildman–Crippen MR) is 113 cm³/mol. The van der Waals surface area contributed by atoms with E-state index in [1.807, 2.05) is 41.5 Å². The summed E-state index contributed by atoms with van der Waals surface area (Å²) >= 11 is 1.46. The van der Waals surface area contributed by atoms with Crippen LogP contribution in [0.2, 0.25) is 0 Å². The summed E-state index contributed by atoms with van der Waals surface area (Å²) in [7, 11) is -3.71. The van der Waals surface area contributed by atoms with Crippen LogP contribution in [0.3, 0.4) is 0 Å². The van der Waals surface area contributed by atoms with E-state index < -0.39 is 10.0 Å². The normalized spacial score (nSPS) is 15.6. The molecular weight excluding hydrogens is 392 g/mol. The molecular formula is C21H26N2O3S2. The summed E-state index contributed by atoms with van der Waals surface area (Å²) in [5.74, 6) is 0.536. The number of benzene rings is 2. The maximum absolute atomic E-state index is 13.0. The van der Waals surface area contributed by atoms with Crippen LogP contribution in [-0.4, -0.2) is 38.6 Å². The van der Waals surface area contributed by atoms with Gasteiger partial charge in [-0.2, -0.15) is 0 Å². The number of carbonyl (C=O) groups excluding carboxylic acids is 1. The highest BCUT2D eigenvalue weighted by molar-refractivity contribution is 7.98. The van der Waals surface area contributed by atoms with Gasteiger partial charge in [0.15, 0.2) is 0 Å². The van der Waals surface area contributed by atoms with Crippen LogP contribution in [0.5, 0.6) is 0 Å². The molecule has 1 aliphatic heterocycles. The molecule has 0 saturated carbocycles. The van der Waals surface area contributed by atoms with Crippen LogP contribution in [0.1, 0.15) is 35.7 Å². The molecule has 0 unspecified atom stereocenters. The van der Waals surface area contributed by atoms with Gasteiger partial charge in [0, 0.05) is 24.5 Å². The van der Waals surface area contributed by atoms with Crippen LogP contribution >= 0.6 is 11.8 Å². The van der Waals surface area contributed by atoms with Crippen LogP contribution in [0.25, 0.3) is 0 Å². The fourth-order valence-electron chi connectivity index (χ4n) is 3.26. The first-order valence-corrected chi connectivity index (χ1v) is 12.1. The molecule has 7 heteroatoms. The lowest BCUT2D eigenvalue weighted by molar-refractivity contribution is 0.0693. The molecule has 3 rings (SSSR count). The van der Waals surface area contributed by atoms with E-state index in [9.17, 15) is 13.2 Å². The molecule has 1 saturated heterocycles. The Labute approximate surface area is 171 Å². The third-order valence-electron chi connectivity index (χ3n) is 5.09. The Kier molecular flexibility index (Phi) is 6.80. The summed E-state index contributed by atoms with van der Waals surface area (Å²) in [6.45, 7) is 3.84. The highest BCUT2D eigenvalue weighted by Crippen LogP contribution is 2.27. The Balaban J connectivity index is 1.82. The number of hydrogen-bond donors (Lipinski definition) is 1. The van der Waals surface area contributed by atoms with Gasteiger partial charge in [-0.15, -0.1) is 11.8 Å². The monoisotopic (exact) mass is 418 g/mol. The van der Waals surface area contributed by atoms with E-state index >= 15 is 0 Å².